The van der Waals surface area contributed by atoms with E-state index in [4.69, 9.17) is 10.2 Å². The minimum absolute atomic E-state index is 0.0963. The highest BCUT2D eigenvalue weighted by Crippen LogP contribution is 3.17. The van der Waals surface area contributed by atoms with Gasteiger partial charge in [-0.05, 0) is 58.6 Å². The van der Waals surface area contributed by atoms with E-state index in [1.807, 2.05) is 0 Å². The zero-order valence-corrected chi connectivity index (χ0v) is 19.9. The number of hydrogen-bond acceptors (Lipinski definition) is 7. The van der Waals surface area contributed by atoms with Gasteiger partial charge in [-0.25, -0.2) is 14.3 Å². The molecule has 1 aromatic carbocycles. The van der Waals surface area contributed by atoms with Crippen molar-refractivity contribution < 1.29 is 18.8 Å². The molecule has 0 saturated heterocycles. The van der Waals surface area contributed by atoms with Gasteiger partial charge in [-0.3, -0.25) is 19.4 Å². The third-order valence-electron chi connectivity index (χ3n) is 10.6. The van der Waals surface area contributed by atoms with Crippen molar-refractivity contribution in [2.75, 3.05) is 6.54 Å². The topological polar surface area (TPSA) is 177 Å². The highest BCUT2D eigenvalue weighted by Gasteiger charge is 3.17. The van der Waals surface area contributed by atoms with Crippen LogP contribution in [0.25, 0.3) is 16.7 Å². The number of hydrogen-bond donors (Lipinski definition) is 4. The van der Waals surface area contributed by atoms with Gasteiger partial charge in [-0.2, -0.15) is 5.10 Å². The first kappa shape index (κ1) is 20.6. The van der Waals surface area contributed by atoms with Gasteiger partial charge in [-0.15, -0.1) is 0 Å². The lowest BCUT2D eigenvalue weighted by molar-refractivity contribution is -0.335. The molecule has 7 unspecified atom stereocenters. The van der Waals surface area contributed by atoms with E-state index in [2.05, 4.69) is 25.7 Å². The summed E-state index contributed by atoms with van der Waals surface area (Å²) < 4.78 is 6.43. The van der Waals surface area contributed by atoms with Crippen LogP contribution in [-0.4, -0.2) is 43.8 Å². The van der Waals surface area contributed by atoms with Crippen molar-refractivity contribution in [3.63, 3.8) is 0 Å². The Morgan fingerprint density at radius 1 is 1.13 bits per heavy atom. The Morgan fingerprint density at radius 3 is 2.74 bits per heavy atom. The van der Waals surface area contributed by atoms with Gasteiger partial charge in [0.25, 0.3) is 11.8 Å². The number of carbonyl (C=O) groups is 3. The number of benzene rings is 1. The van der Waals surface area contributed by atoms with Gasteiger partial charge in [0.15, 0.2) is 11.2 Å². The van der Waals surface area contributed by atoms with Crippen LogP contribution < -0.4 is 22.1 Å². The quantitative estimate of drug-likeness (QED) is 0.274. The number of primary amides is 1. The molecule has 5 aliphatic rings. The summed E-state index contributed by atoms with van der Waals surface area (Å²) in [6, 6.07) is 8.21. The molecule has 38 heavy (non-hydrogen) atoms. The number of carbonyl (C=O) groups excluding carboxylic acids is 3. The Kier molecular flexibility index (Phi) is 3.23. The number of H-pyrrole nitrogens is 1. The standard InChI is InChI=1S/C26H21N7O5/c27-22(36)26-17-16-19(26)25(26)8-24(16,18(17)25)9-29-21(35)13-6-12(31-15-3-4-30-33(13)15)20(34)28-7-10-1-2-14-11(5-10)32-23(37)38-14/h1-6,16-19H,7-9H2,(H2,27,36)(H,28,34)(H,29,35)(H,32,37). The molecule has 0 aliphatic heterocycles. The summed E-state index contributed by atoms with van der Waals surface area (Å²) in [7, 11) is 0. The first-order valence-electron chi connectivity index (χ1n) is 12.7. The number of nitrogens with one attached hydrogen (secondary N) is 3. The van der Waals surface area contributed by atoms with Crippen LogP contribution in [0, 0.1) is 39.9 Å². The summed E-state index contributed by atoms with van der Waals surface area (Å²) in [5.41, 5.74) is 8.20. The predicted molar refractivity (Wildman–Crippen MR) is 128 cm³/mol. The molecule has 7 atom stereocenters. The normalized spacial score (nSPS) is 35.8. The molecule has 4 aromatic rings. The van der Waals surface area contributed by atoms with Crippen molar-refractivity contribution in [1.82, 2.24) is 30.2 Å². The second-order valence-corrected chi connectivity index (χ2v) is 11.5. The zero-order valence-electron chi connectivity index (χ0n) is 19.9. The Bertz CT molecular complexity index is 1860. The average Bonchev–Trinajstić information content (AvgIpc) is 3.53. The van der Waals surface area contributed by atoms with Crippen molar-refractivity contribution in [2.24, 2.45) is 45.7 Å². The number of aromatic amines is 1. The van der Waals surface area contributed by atoms with Crippen LogP contribution >= 0.6 is 0 Å². The largest absolute Gasteiger partial charge is 0.417 e. The Labute approximate surface area is 213 Å². The third kappa shape index (κ3) is 1.89. The molecule has 3 amide bonds. The molecule has 12 heteroatoms. The highest BCUT2D eigenvalue weighted by atomic mass is 16.4. The maximum absolute atomic E-state index is 13.3. The summed E-state index contributed by atoms with van der Waals surface area (Å²) in [4.78, 5) is 56.6. The lowest BCUT2D eigenvalue weighted by Gasteiger charge is -2.81. The Balaban J connectivity index is 0.921. The molecule has 5 saturated carbocycles. The van der Waals surface area contributed by atoms with E-state index in [0.717, 1.165) is 12.0 Å². The van der Waals surface area contributed by atoms with Crippen molar-refractivity contribution in [1.29, 1.82) is 0 Å². The van der Waals surface area contributed by atoms with E-state index in [1.54, 1.807) is 24.3 Å². The third-order valence-corrected chi connectivity index (χ3v) is 10.6. The summed E-state index contributed by atoms with van der Waals surface area (Å²) in [5.74, 6) is 0.445. The fraction of sp³-hybridized carbons (Fsp3) is 0.385. The molecule has 3 aromatic heterocycles. The number of aromatic nitrogens is 4. The van der Waals surface area contributed by atoms with Gasteiger partial charge in [0.1, 0.15) is 11.4 Å². The van der Waals surface area contributed by atoms with Gasteiger partial charge in [0.05, 0.1) is 17.1 Å². The molecular formula is C26H21N7O5. The molecule has 12 nitrogen and oxygen atoms in total. The fourth-order valence-corrected chi connectivity index (χ4v) is 9.66. The molecule has 5 N–H and O–H groups in total. The number of nitrogens with two attached hydrogens (primary N) is 1. The molecule has 5 fully saturated rings. The van der Waals surface area contributed by atoms with Crippen molar-refractivity contribution in [3.8, 4) is 0 Å². The van der Waals surface area contributed by atoms with Crippen LogP contribution in [0.1, 0.15) is 33.0 Å². The van der Waals surface area contributed by atoms with Gasteiger partial charge in [0.2, 0.25) is 5.91 Å². The monoisotopic (exact) mass is 511 g/mol. The molecule has 1 spiro atoms. The van der Waals surface area contributed by atoms with E-state index >= 15 is 0 Å². The highest BCUT2D eigenvalue weighted by molar-refractivity contribution is 5.99. The van der Waals surface area contributed by atoms with Crippen LogP contribution in [0.5, 0.6) is 0 Å². The fourth-order valence-electron chi connectivity index (χ4n) is 9.66. The summed E-state index contributed by atoms with van der Waals surface area (Å²) in [6.45, 7) is 0.744. The molecule has 190 valence electrons. The van der Waals surface area contributed by atoms with Crippen LogP contribution in [0.4, 0.5) is 0 Å². The van der Waals surface area contributed by atoms with Crippen LogP contribution in [0.3, 0.4) is 0 Å². The van der Waals surface area contributed by atoms with Crippen LogP contribution in [0.2, 0.25) is 0 Å². The smallest absolute Gasteiger partial charge is 0.408 e. The van der Waals surface area contributed by atoms with Gasteiger partial charge in [-0.1, -0.05) is 6.07 Å². The maximum Gasteiger partial charge on any atom is 0.417 e. The summed E-state index contributed by atoms with van der Waals surface area (Å²) in [5, 5.41) is 10.1. The molecule has 0 bridgehead atoms. The van der Waals surface area contributed by atoms with Crippen molar-refractivity contribution in [2.45, 2.75) is 13.0 Å². The minimum Gasteiger partial charge on any atom is -0.408 e. The predicted octanol–water partition coefficient (Wildman–Crippen LogP) is 0.191. The summed E-state index contributed by atoms with van der Waals surface area (Å²) in [6.07, 6.45) is 2.50. The number of nitrogens with zero attached hydrogens (tertiary/aromatic N) is 3. The SMILES string of the molecule is NC(=O)C12C3C4C1C21CC4(CNC(=O)c2cc(C(=O)NCc4ccc5oc(=O)[nH]c5c4)nc4ccnn24)C31. The lowest BCUT2D eigenvalue weighted by atomic mass is 9.22. The second-order valence-electron chi connectivity index (χ2n) is 11.5. The molecular weight excluding hydrogens is 490 g/mol. The zero-order chi connectivity index (χ0) is 25.8. The van der Waals surface area contributed by atoms with E-state index in [0.29, 0.717) is 47.0 Å². The van der Waals surface area contributed by atoms with Crippen LogP contribution in [0.15, 0.2) is 45.7 Å². The second kappa shape index (κ2) is 5.98. The van der Waals surface area contributed by atoms with E-state index in [1.165, 1.54) is 16.8 Å². The molecule has 9 rings (SSSR count). The first-order chi connectivity index (χ1) is 18.3. The van der Waals surface area contributed by atoms with Gasteiger partial charge >= 0.3 is 5.76 Å². The average molecular weight is 511 g/mol. The number of oxazole rings is 1. The Hall–Kier alpha value is -4.48. The number of rotatable bonds is 7. The number of amides is 3. The number of fused-ring (bicyclic) bond motifs is 4. The maximum atomic E-state index is 13.3. The molecule has 0 radical (unpaired) electrons. The van der Waals surface area contributed by atoms with E-state index in [-0.39, 0.29) is 46.0 Å². The lowest BCUT2D eigenvalue weighted by Crippen LogP contribution is -2.82. The van der Waals surface area contributed by atoms with Crippen molar-refractivity contribution in [3.05, 3.63) is 64.0 Å². The van der Waals surface area contributed by atoms with E-state index < -0.39 is 11.7 Å². The van der Waals surface area contributed by atoms with Gasteiger partial charge < -0.3 is 20.8 Å². The minimum atomic E-state index is -0.542. The molecule has 3 heterocycles. The van der Waals surface area contributed by atoms with E-state index in [9.17, 15) is 19.2 Å². The van der Waals surface area contributed by atoms with Crippen LogP contribution in [-0.2, 0) is 11.3 Å². The molecule has 5 aliphatic carbocycles. The first-order valence-corrected chi connectivity index (χ1v) is 12.7. The van der Waals surface area contributed by atoms with Gasteiger partial charge in [0, 0.05) is 25.2 Å². The Morgan fingerprint density at radius 2 is 2.00 bits per heavy atom. The van der Waals surface area contributed by atoms with Crippen molar-refractivity contribution >= 4 is 34.5 Å². The summed E-state index contributed by atoms with van der Waals surface area (Å²) >= 11 is 0.